The molecule has 94 valence electrons. The molecule has 0 fully saturated rings. The lowest BCUT2D eigenvalue weighted by molar-refractivity contribution is -0.136. The number of amides is 2. The van der Waals surface area contributed by atoms with Gasteiger partial charge in [0.15, 0.2) is 0 Å². The van der Waals surface area contributed by atoms with Gasteiger partial charge in [-0.1, -0.05) is 20.3 Å². The van der Waals surface area contributed by atoms with Gasteiger partial charge in [-0.25, -0.2) is 4.79 Å². The minimum Gasteiger partial charge on any atom is -0.481 e. The molecule has 0 radical (unpaired) electrons. The largest absolute Gasteiger partial charge is 0.481 e. The molecular weight excluding hydrogens is 212 g/mol. The smallest absolute Gasteiger partial charge is 0.314 e. The second-order valence-electron chi connectivity index (χ2n) is 3.73. The van der Waals surface area contributed by atoms with E-state index in [1.54, 1.807) is 0 Å². The molecule has 16 heavy (non-hydrogen) atoms. The van der Waals surface area contributed by atoms with Gasteiger partial charge in [0.05, 0.1) is 12.5 Å². The summed E-state index contributed by atoms with van der Waals surface area (Å²) in [5.74, 6) is -0.834. The molecule has 0 aromatic heterocycles. The zero-order valence-electron chi connectivity index (χ0n) is 9.69. The molecule has 2 unspecified atom stereocenters. The van der Waals surface area contributed by atoms with Crippen molar-refractivity contribution >= 4 is 12.0 Å². The van der Waals surface area contributed by atoms with Gasteiger partial charge in [-0.3, -0.25) is 4.79 Å². The first-order chi connectivity index (χ1) is 7.47. The van der Waals surface area contributed by atoms with Crippen LogP contribution in [0.25, 0.3) is 0 Å². The minimum absolute atomic E-state index is 0.0839. The standard InChI is InChI=1S/C10H20N2O4/c1-3-7(2)8(13)6-12-10(16)11-5-4-9(14)15/h7-8,13H,3-6H2,1-2H3,(H,14,15)(H2,11,12,16). The Kier molecular flexibility index (Phi) is 7.28. The third kappa shape index (κ3) is 7.05. The fourth-order valence-electron chi connectivity index (χ4n) is 1.02. The number of urea groups is 1. The number of aliphatic carboxylic acids is 1. The van der Waals surface area contributed by atoms with Gasteiger partial charge >= 0.3 is 12.0 Å². The average molecular weight is 232 g/mol. The predicted octanol–water partition coefficient (Wildman–Crippen LogP) is 0.167. The SMILES string of the molecule is CCC(C)C(O)CNC(=O)NCCC(=O)O. The first kappa shape index (κ1) is 14.7. The Morgan fingerprint density at radius 3 is 2.44 bits per heavy atom. The molecule has 6 nitrogen and oxygen atoms in total. The zero-order valence-corrected chi connectivity index (χ0v) is 9.69. The molecule has 0 spiro atoms. The van der Waals surface area contributed by atoms with Gasteiger partial charge in [0.1, 0.15) is 0 Å². The fourth-order valence-corrected chi connectivity index (χ4v) is 1.02. The van der Waals surface area contributed by atoms with Crippen molar-refractivity contribution in [3.05, 3.63) is 0 Å². The van der Waals surface area contributed by atoms with Crippen molar-refractivity contribution in [2.75, 3.05) is 13.1 Å². The van der Waals surface area contributed by atoms with E-state index >= 15 is 0 Å². The third-order valence-electron chi connectivity index (χ3n) is 2.40. The van der Waals surface area contributed by atoms with Crippen molar-refractivity contribution < 1.29 is 19.8 Å². The van der Waals surface area contributed by atoms with Crippen LogP contribution in [0.1, 0.15) is 26.7 Å². The summed E-state index contributed by atoms with van der Waals surface area (Å²) in [7, 11) is 0. The molecule has 0 heterocycles. The number of rotatable bonds is 7. The predicted molar refractivity (Wildman–Crippen MR) is 59.1 cm³/mol. The number of aliphatic hydroxyl groups excluding tert-OH is 1. The molecule has 0 bridgehead atoms. The summed E-state index contributed by atoms with van der Waals surface area (Å²) < 4.78 is 0. The van der Waals surface area contributed by atoms with Crippen molar-refractivity contribution in [2.45, 2.75) is 32.8 Å². The lowest BCUT2D eigenvalue weighted by atomic mass is 10.0. The van der Waals surface area contributed by atoms with Crippen molar-refractivity contribution in [1.29, 1.82) is 0 Å². The maximum absolute atomic E-state index is 11.1. The Hall–Kier alpha value is -1.30. The van der Waals surface area contributed by atoms with Crippen LogP contribution in [0.3, 0.4) is 0 Å². The molecule has 0 aliphatic rings. The zero-order chi connectivity index (χ0) is 12.6. The summed E-state index contributed by atoms with van der Waals surface area (Å²) in [6.45, 7) is 4.12. The molecule has 0 saturated carbocycles. The van der Waals surface area contributed by atoms with Crippen molar-refractivity contribution in [1.82, 2.24) is 10.6 Å². The number of aliphatic hydroxyl groups is 1. The van der Waals surface area contributed by atoms with Crippen molar-refractivity contribution in [2.24, 2.45) is 5.92 Å². The first-order valence-electron chi connectivity index (χ1n) is 5.39. The van der Waals surface area contributed by atoms with Crippen LogP contribution in [-0.2, 0) is 4.79 Å². The van der Waals surface area contributed by atoms with E-state index in [0.717, 1.165) is 6.42 Å². The number of hydrogen-bond acceptors (Lipinski definition) is 3. The summed E-state index contributed by atoms with van der Waals surface area (Å²) in [4.78, 5) is 21.3. The van der Waals surface area contributed by atoms with Crippen molar-refractivity contribution in [3.8, 4) is 0 Å². The van der Waals surface area contributed by atoms with Gasteiger partial charge in [0.2, 0.25) is 0 Å². The average Bonchev–Trinajstić information content (AvgIpc) is 2.24. The van der Waals surface area contributed by atoms with Crippen LogP contribution in [0.15, 0.2) is 0 Å². The second-order valence-corrected chi connectivity index (χ2v) is 3.73. The highest BCUT2D eigenvalue weighted by Gasteiger charge is 2.12. The molecule has 0 aliphatic carbocycles. The highest BCUT2D eigenvalue weighted by atomic mass is 16.4. The lowest BCUT2D eigenvalue weighted by Gasteiger charge is -2.17. The van der Waals surface area contributed by atoms with Crippen LogP contribution in [-0.4, -0.2) is 41.4 Å². The van der Waals surface area contributed by atoms with Gasteiger partial charge in [0.25, 0.3) is 0 Å². The molecule has 0 rings (SSSR count). The molecule has 2 atom stereocenters. The minimum atomic E-state index is -0.958. The molecule has 6 heteroatoms. The fraction of sp³-hybridized carbons (Fsp3) is 0.800. The number of carbonyl (C=O) groups is 2. The Morgan fingerprint density at radius 1 is 1.31 bits per heavy atom. The van der Waals surface area contributed by atoms with Crippen LogP contribution in [0.4, 0.5) is 4.79 Å². The highest BCUT2D eigenvalue weighted by molar-refractivity contribution is 5.74. The quantitative estimate of drug-likeness (QED) is 0.502. The van der Waals surface area contributed by atoms with Crippen LogP contribution in [0.5, 0.6) is 0 Å². The summed E-state index contributed by atoms with van der Waals surface area (Å²) in [6, 6.07) is -0.455. The molecule has 0 aromatic rings. The molecule has 2 amide bonds. The Morgan fingerprint density at radius 2 is 1.94 bits per heavy atom. The van der Waals surface area contributed by atoms with E-state index in [1.165, 1.54) is 0 Å². The molecule has 4 N–H and O–H groups in total. The number of carboxylic acid groups (broad SMARTS) is 1. The molecular formula is C10H20N2O4. The highest BCUT2D eigenvalue weighted by Crippen LogP contribution is 2.05. The molecule has 0 saturated heterocycles. The lowest BCUT2D eigenvalue weighted by Crippen LogP contribution is -2.41. The Balaban J connectivity index is 3.61. The van der Waals surface area contributed by atoms with E-state index in [1.807, 2.05) is 13.8 Å². The van der Waals surface area contributed by atoms with E-state index in [0.29, 0.717) is 0 Å². The first-order valence-corrected chi connectivity index (χ1v) is 5.39. The number of nitrogens with one attached hydrogen (secondary N) is 2. The molecule has 0 aliphatic heterocycles. The van der Waals surface area contributed by atoms with E-state index in [2.05, 4.69) is 10.6 Å². The van der Waals surface area contributed by atoms with Gasteiger partial charge in [-0.2, -0.15) is 0 Å². The van der Waals surface area contributed by atoms with E-state index in [4.69, 9.17) is 5.11 Å². The summed E-state index contributed by atoms with van der Waals surface area (Å²) >= 11 is 0. The van der Waals surface area contributed by atoms with Gasteiger partial charge < -0.3 is 20.8 Å². The van der Waals surface area contributed by atoms with Gasteiger partial charge in [-0.05, 0) is 5.92 Å². The topological polar surface area (TPSA) is 98.7 Å². The van der Waals surface area contributed by atoms with Crippen LogP contribution >= 0.6 is 0 Å². The third-order valence-corrected chi connectivity index (χ3v) is 2.40. The normalized spacial score (nSPS) is 13.9. The van der Waals surface area contributed by atoms with E-state index in [9.17, 15) is 14.7 Å². The molecule has 0 aromatic carbocycles. The Bertz CT molecular complexity index is 233. The van der Waals surface area contributed by atoms with Crippen molar-refractivity contribution in [3.63, 3.8) is 0 Å². The maximum Gasteiger partial charge on any atom is 0.314 e. The van der Waals surface area contributed by atoms with Crippen LogP contribution in [0.2, 0.25) is 0 Å². The van der Waals surface area contributed by atoms with E-state index in [-0.39, 0.29) is 25.4 Å². The van der Waals surface area contributed by atoms with E-state index < -0.39 is 18.1 Å². The van der Waals surface area contributed by atoms with Crippen LogP contribution < -0.4 is 10.6 Å². The second kappa shape index (κ2) is 7.92. The number of hydrogen-bond donors (Lipinski definition) is 4. The number of carboxylic acids is 1. The van der Waals surface area contributed by atoms with Gasteiger partial charge in [-0.15, -0.1) is 0 Å². The monoisotopic (exact) mass is 232 g/mol. The van der Waals surface area contributed by atoms with Gasteiger partial charge in [0, 0.05) is 13.1 Å². The Labute approximate surface area is 95.0 Å². The summed E-state index contributed by atoms with van der Waals surface area (Å²) in [5, 5.41) is 22.7. The number of carbonyl (C=O) groups excluding carboxylic acids is 1. The maximum atomic E-state index is 11.1. The van der Waals surface area contributed by atoms with Crippen LogP contribution in [0, 0.1) is 5.92 Å². The summed E-state index contributed by atoms with van der Waals surface area (Å²) in [6.07, 6.45) is 0.153. The summed E-state index contributed by atoms with van der Waals surface area (Å²) in [5.41, 5.74) is 0.